The maximum Gasteiger partial charge on any atom is 0.234 e. The smallest absolute Gasteiger partial charge is 0.234 e. The second-order valence-electron chi connectivity index (χ2n) is 6.33. The van der Waals surface area contributed by atoms with E-state index >= 15 is 0 Å². The van der Waals surface area contributed by atoms with Gasteiger partial charge in [0.05, 0.1) is 12.4 Å². The van der Waals surface area contributed by atoms with Gasteiger partial charge in [0.1, 0.15) is 5.75 Å². The summed E-state index contributed by atoms with van der Waals surface area (Å²) in [5, 5.41) is 12.2. The van der Waals surface area contributed by atoms with Gasteiger partial charge in [0.15, 0.2) is 11.0 Å². The quantitative estimate of drug-likeness (QED) is 0.370. The fourth-order valence-corrected chi connectivity index (χ4v) is 3.57. The summed E-state index contributed by atoms with van der Waals surface area (Å²) in [6.07, 6.45) is 4.26. The van der Waals surface area contributed by atoms with Crippen molar-refractivity contribution in [1.29, 1.82) is 0 Å². The highest BCUT2D eigenvalue weighted by Gasteiger charge is 2.15. The van der Waals surface area contributed by atoms with Crippen molar-refractivity contribution in [3.63, 3.8) is 0 Å². The standard InChI is InChI=1S/C21H25N5O3S/c1-3-29-18-7-5-17(6-8-18)23-19(27)15-30-21-25-24-20(16-9-11-22-12-10-16)26(21)13-4-14-28-2/h5-12H,3-4,13-15H2,1-2H3,(H,23,27). The molecule has 0 aliphatic rings. The van der Waals surface area contributed by atoms with Crippen LogP contribution in [0.4, 0.5) is 5.69 Å². The second kappa shape index (κ2) is 11.3. The number of nitrogens with zero attached hydrogens (tertiary/aromatic N) is 4. The number of benzene rings is 1. The van der Waals surface area contributed by atoms with E-state index in [1.807, 2.05) is 47.9 Å². The molecule has 2 heterocycles. The normalized spacial score (nSPS) is 10.7. The van der Waals surface area contributed by atoms with Gasteiger partial charge in [0.2, 0.25) is 5.91 Å². The molecule has 158 valence electrons. The number of pyridine rings is 1. The molecule has 3 rings (SSSR count). The molecule has 0 saturated carbocycles. The van der Waals surface area contributed by atoms with E-state index in [0.717, 1.165) is 29.2 Å². The van der Waals surface area contributed by atoms with Gasteiger partial charge in [-0.15, -0.1) is 10.2 Å². The van der Waals surface area contributed by atoms with Crippen molar-refractivity contribution < 1.29 is 14.3 Å². The number of hydrogen-bond acceptors (Lipinski definition) is 7. The largest absolute Gasteiger partial charge is 0.494 e. The summed E-state index contributed by atoms with van der Waals surface area (Å²) in [7, 11) is 1.68. The summed E-state index contributed by atoms with van der Waals surface area (Å²) in [6, 6.07) is 11.1. The highest BCUT2D eigenvalue weighted by Crippen LogP contribution is 2.24. The Balaban J connectivity index is 1.64. The van der Waals surface area contributed by atoms with Crippen molar-refractivity contribution in [2.24, 2.45) is 0 Å². The van der Waals surface area contributed by atoms with E-state index < -0.39 is 0 Å². The van der Waals surface area contributed by atoms with E-state index in [1.165, 1.54) is 11.8 Å². The Morgan fingerprint density at radius 2 is 1.90 bits per heavy atom. The first-order valence-corrected chi connectivity index (χ1v) is 10.7. The van der Waals surface area contributed by atoms with E-state index in [2.05, 4.69) is 20.5 Å². The van der Waals surface area contributed by atoms with Crippen LogP contribution in [-0.4, -0.2) is 51.7 Å². The Labute approximate surface area is 180 Å². The van der Waals surface area contributed by atoms with E-state index in [0.29, 0.717) is 24.9 Å². The van der Waals surface area contributed by atoms with Crippen molar-refractivity contribution in [1.82, 2.24) is 19.7 Å². The summed E-state index contributed by atoms with van der Waals surface area (Å²) in [6.45, 7) is 3.87. The minimum absolute atomic E-state index is 0.110. The third kappa shape index (κ3) is 6.04. The monoisotopic (exact) mass is 427 g/mol. The van der Waals surface area contributed by atoms with Gasteiger partial charge in [-0.2, -0.15) is 0 Å². The van der Waals surface area contributed by atoms with Crippen LogP contribution in [0.25, 0.3) is 11.4 Å². The maximum absolute atomic E-state index is 12.4. The Bertz CT molecular complexity index is 932. The zero-order valence-corrected chi connectivity index (χ0v) is 17.9. The lowest BCUT2D eigenvalue weighted by molar-refractivity contribution is -0.113. The third-order valence-electron chi connectivity index (χ3n) is 4.17. The van der Waals surface area contributed by atoms with Crippen molar-refractivity contribution in [2.45, 2.75) is 25.0 Å². The van der Waals surface area contributed by atoms with Gasteiger partial charge in [0.25, 0.3) is 0 Å². The van der Waals surface area contributed by atoms with Gasteiger partial charge in [-0.05, 0) is 49.7 Å². The number of nitrogens with one attached hydrogen (secondary N) is 1. The van der Waals surface area contributed by atoms with Crippen LogP contribution in [0.15, 0.2) is 53.9 Å². The Kier molecular flexibility index (Phi) is 8.22. The summed E-state index contributed by atoms with van der Waals surface area (Å²) < 4.78 is 12.6. The number of rotatable bonds is 11. The van der Waals surface area contributed by atoms with Gasteiger partial charge >= 0.3 is 0 Å². The predicted octanol–water partition coefficient (Wildman–Crippen LogP) is 3.51. The van der Waals surface area contributed by atoms with Crippen molar-refractivity contribution in [3.8, 4) is 17.1 Å². The molecule has 30 heavy (non-hydrogen) atoms. The molecule has 0 radical (unpaired) electrons. The van der Waals surface area contributed by atoms with E-state index in [4.69, 9.17) is 9.47 Å². The number of anilines is 1. The third-order valence-corrected chi connectivity index (χ3v) is 5.13. The lowest BCUT2D eigenvalue weighted by Crippen LogP contribution is -2.15. The van der Waals surface area contributed by atoms with Crippen LogP contribution in [-0.2, 0) is 16.1 Å². The molecule has 0 unspecified atom stereocenters. The van der Waals surface area contributed by atoms with Gasteiger partial charge in [-0.3, -0.25) is 9.78 Å². The first-order chi connectivity index (χ1) is 14.7. The van der Waals surface area contributed by atoms with Gasteiger partial charge in [-0.25, -0.2) is 0 Å². The predicted molar refractivity (Wildman–Crippen MR) is 117 cm³/mol. The van der Waals surface area contributed by atoms with Crippen LogP contribution in [0.5, 0.6) is 5.75 Å². The highest BCUT2D eigenvalue weighted by atomic mass is 32.2. The second-order valence-corrected chi connectivity index (χ2v) is 7.28. The molecule has 8 nitrogen and oxygen atoms in total. The molecule has 9 heteroatoms. The summed E-state index contributed by atoms with van der Waals surface area (Å²) >= 11 is 1.36. The Morgan fingerprint density at radius 3 is 2.60 bits per heavy atom. The number of thioether (sulfide) groups is 1. The number of carbonyl (C=O) groups is 1. The molecule has 1 aromatic carbocycles. The summed E-state index contributed by atoms with van der Waals surface area (Å²) in [5.41, 5.74) is 1.66. The molecule has 1 amide bonds. The molecule has 0 atom stereocenters. The highest BCUT2D eigenvalue weighted by molar-refractivity contribution is 7.99. The molecule has 0 aliphatic carbocycles. The van der Waals surface area contributed by atoms with Crippen molar-refractivity contribution >= 4 is 23.4 Å². The zero-order chi connectivity index (χ0) is 21.2. The zero-order valence-electron chi connectivity index (χ0n) is 17.1. The van der Waals surface area contributed by atoms with E-state index in [1.54, 1.807) is 19.5 Å². The van der Waals surface area contributed by atoms with Crippen LogP contribution in [0.2, 0.25) is 0 Å². The molecule has 0 aliphatic heterocycles. The topological polar surface area (TPSA) is 91.2 Å². The van der Waals surface area contributed by atoms with E-state index in [9.17, 15) is 4.79 Å². The lowest BCUT2D eigenvalue weighted by Gasteiger charge is -2.10. The first kappa shape index (κ1) is 21.8. The number of hydrogen-bond donors (Lipinski definition) is 1. The Morgan fingerprint density at radius 1 is 1.13 bits per heavy atom. The average Bonchev–Trinajstić information content (AvgIpc) is 3.17. The number of ether oxygens (including phenoxy) is 2. The molecule has 3 aromatic rings. The van der Waals surface area contributed by atoms with E-state index in [-0.39, 0.29) is 11.7 Å². The number of carbonyl (C=O) groups excluding carboxylic acids is 1. The molecule has 0 bridgehead atoms. The van der Waals surface area contributed by atoms with Gasteiger partial charge in [0, 0.05) is 43.9 Å². The first-order valence-electron chi connectivity index (χ1n) is 9.69. The SMILES string of the molecule is CCOc1ccc(NC(=O)CSc2nnc(-c3ccncc3)n2CCCOC)cc1. The fourth-order valence-electron chi connectivity index (χ4n) is 2.81. The van der Waals surface area contributed by atoms with Crippen LogP contribution in [0, 0.1) is 0 Å². The molecular formula is C21H25N5O3S. The molecule has 0 fully saturated rings. The van der Waals surface area contributed by atoms with Crippen molar-refractivity contribution in [3.05, 3.63) is 48.8 Å². The van der Waals surface area contributed by atoms with Crippen LogP contribution >= 0.6 is 11.8 Å². The summed E-state index contributed by atoms with van der Waals surface area (Å²) in [4.78, 5) is 16.5. The Hall–Kier alpha value is -2.91. The lowest BCUT2D eigenvalue weighted by atomic mass is 10.2. The minimum Gasteiger partial charge on any atom is -0.494 e. The average molecular weight is 428 g/mol. The molecule has 2 aromatic heterocycles. The minimum atomic E-state index is -0.110. The van der Waals surface area contributed by atoms with Crippen LogP contribution in [0.3, 0.4) is 0 Å². The number of methoxy groups -OCH3 is 1. The summed E-state index contributed by atoms with van der Waals surface area (Å²) in [5.74, 6) is 1.65. The number of aromatic nitrogens is 4. The number of amides is 1. The van der Waals surface area contributed by atoms with Crippen LogP contribution < -0.4 is 10.1 Å². The molecule has 1 N–H and O–H groups in total. The molecule has 0 saturated heterocycles. The van der Waals surface area contributed by atoms with Crippen LogP contribution in [0.1, 0.15) is 13.3 Å². The van der Waals surface area contributed by atoms with Gasteiger partial charge in [-0.1, -0.05) is 11.8 Å². The van der Waals surface area contributed by atoms with Gasteiger partial charge < -0.3 is 19.4 Å². The van der Waals surface area contributed by atoms with Crippen molar-refractivity contribution in [2.75, 3.05) is 31.4 Å². The molecule has 0 spiro atoms. The maximum atomic E-state index is 12.4. The fraction of sp³-hybridized carbons (Fsp3) is 0.333. The molecular weight excluding hydrogens is 402 g/mol.